The monoisotopic (exact) mass is 252 g/mol. The van der Waals surface area contributed by atoms with E-state index in [2.05, 4.69) is 4.98 Å². The summed E-state index contributed by atoms with van der Waals surface area (Å²) in [7, 11) is 1.57. The Morgan fingerprint density at radius 2 is 2.11 bits per heavy atom. The summed E-state index contributed by atoms with van der Waals surface area (Å²) in [6, 6.07) is 7.20. The molecule has 3 nitrogen and oxygen atoms in total. The number of H-pyrrole nitrogens is 1. The molecule has 1 unspecified atom stereocenters. The predicted molar refractivity (Wildman–Crippen MR) is 65.1 cm³/mol. The molecule has 96 valence electrons. The highest BCUT2D eigenvalue weighted by molar-refractivity contribution is 5.82. The Morgan fingerprint density at radius 1 is 1.39 bits per heavy atom. The van der Waals surface area contributed by atoms with Crippen LogP contribution in [-0.2, 0) is 5.41 Å². The lowest BCUT2D eigenvalue weighted by Gasteiger charge is -2.11. The van der Waals surface area contributed by atoms with Crippen molar-refractivity contribution in [2.75, 3.05) is 13.7 Å². The number of methoxy groups -OCH3 is 1. The van der Waals surface area contributed by atoms with Crippen LogP contribution in [0.1, 0.15) is 12.1 Å². The van der Waals surface area contributed by atoms with Crippen LogP contribution in [0, 0.1) is 0 Å². The number of fused-ring (bicyclic) bond motifs is 1. The van der Waals surface area contributed by atoms with Gasteiger partial charge in [-0.2, -0.15) is 0 Å². The van der Waals surface area contributed by atoms with E-state index in [9.17, 15) is 8.78 Å². The highest BCUT2D eigenvalue weighted by Crippen LogP contribution is 2.60. The van der Waals surface area contributed by atoms with Crippen LogP contribution in [0.4, 0.5) is 8.78 Å². The Balaban J connectivity index is 2.09. The molecular formula is C13H14F2N2O. The SMILES string of the molecule is COc1ccc2cc(C3(CN)CC3(F)F)[nH]c2c1. The molecule has 1 aliphatic carbocycles. The van der Waals surface area contributed by atoms with Crippen LogP contribution >= 0.6 is 0 Å². The second-order valence-corrected chi connectivity index (χ2v) is 4.80. The van der Waals surface area contributed by atoms with E-state index in [0.29, 0.717) is 11.4 Å². The summed E-state index contributed by atoms with van der Waals surface area (Å²) in [6.07, 6.45) is -0.180. The lowest BCUT2D eigenvalue weighted by Crippen LogP contribution is -2.27. The fourth-order valence-electron chi connectivity index (χ4n) is 2.45. The van der Waals surface area contributed by atoms with Gasteiger partial charge in [0.15, 0.2) is 0 Å². The lowest BCUT2D eigenvalue weighted by atomic mass is 10.0. The summed E-state index contributed by atoms with van der Waals surface area (Å²) < 4.78 is 32.1. The van der Waals surface area contributed by atoms with E-state index < -0.39 is 11.3 Å². The maximum Gasteiger partial charge on any atom is 0.261 e. The van der Waals surface area contributed by atoms with Gasteiger partial charge in [0, 0.05) is 30.2 Å². The van der Waals surface area contributed by atoms with Crippen LogP contribution in [0.25, 0.3) is 10.9 Å². The highest BCUT2D eigenvalue weighted by Gasteiger charge is 2.71. The predicted octanol–water partition coefficient (Wildman–Crippen LogP) is 2.41. The molecule has 1 atom stereocenters. The van der Waals surface area contributed by atoms with Crippen LogP contribution < -0.4 is 10.5 Å². The molecule has 1 heterocycles. The Labute approximate surface area is 103 Å². The van der Waals surface area contributed by atoms with Crippen molar-refractivity contribution in [3.8, 4) is 5.75 Å². The minimum atomic E-state index is -2.70. The standard InChI is InChI=1S/C13H14F2N2O/c1-18-9-3-2-8-4-11(17-10(8)5-9)12(7-16)6-13(12,14)15/h2-5,17H,6-7,16H2,1H3. The molecule has 0 aliphatic heterocycles. The first-order chi connectivity index (χ1) is 8.52. The molecule has 5 heteroatoms. The quantitative estimate of drug-likeness (QED) is 0.881. The summed E-state index contributed by atoms with van der Waals surface area (Å²) in [4.78, 5) is 3.04. The van der Waals surface area contributed by atoms with Gasteiger partial charge in [-0.25, -0.2) is 8.78 Å². The molecule has 1 fully saturated rings. The maximum atomic E-state index is 13.5. The molecule has 0 saturated heterocycles. The molecule has 0 radical (unpaired) electrons. The number of aromatic amines is 1. The van der Waals surface area contributed by atoms with Crippen molar-refractivity contribution in [2.24, 2.45) is 5.73 Å². The van der Waals surface area contributed by atoms with Gasteiger partial charge < -0.3 is 15.5 Å². The Morgan fingerprint density at radius 3 is 2.67 bits per heavy atom. The lowest BCUT2D eigenvalue weighted by molar-refractivity contribution is 0.0888. The van der Waals surface area contributed by atoms with Gasteiger partial charge in [0.25, 0.3) is 5.92 Å². The fraction of sp³-hybridized carbons (Fsp3) is 0.385. The first-order valence-electron chi connectivity index (χ1n) is 5.77. The van der Waals surface area contributed by atoms with Crippen LogP contribution in [-0.4, -0.2) is 24.6 Å². The third-order valence-corrected chi connectivity index (χ3v) is 3.79. The zero-order valence-corrected chi connectivity index (χ0v) is 9.97. The zero-order chi connectivity index (χ0) is 13.0. The van der Waals surface area contributed by atoms with Crippen molar-refractivity contribution >= 4 is 10.9 Å². The number of benzene rings is 1. The Kier molecular flexibility index (Phi) is 2.20. The van der Waals surface area contributed by atoms with E-state index in [1.54, 1.807) is 25.3 Å². The van der Waals surface area contributed by atoms with Gasteiger partial charge in [-0.05, 0) is 23.6 Å². The fourth-order valence-corrected chi connectivity index (χ4v) is 2.45. The van der Waals surface area contributed by atoms with Gasteiger partial charge in [0.1, 0.15) is 5.75 Å². The van der Waals surface area contributed by atoms with Crippen LogP contribution in [0.3, 0.4) is 0 Å². The maximum absolute atomic E-state index is 13.5. The van der Waals surface area contributed by atoms with E-state index in [1.807, 2.05) is 6.07 Å². The van der Waals surface area contributed by atoms with Gasteiger partial charge >= 0.3 is 0 Å². The third kappa shape index (κ3) is 1.37. The number of halogens is 2. The van der Waals surface area contributed by atoms with Crippen LogP contribution in [0.2, 0.25) is 0 Å². The number of hydrogen-bond donors (Lipinski definition) is 2. The summed E-state index contributed by atoms with van der Waals surface area (Å²) >= 11 is 0. The van der Waals surface area contributed by atoms with Crippen molar-refractivity contribution in [3.63, 3.8) is 0 Å². The Hall–Kier alpha value is -1.62. The third-order valence-electron chi connectivity index (χ3n) is 3.79. The number of nitrogens with one attached hydrogen (secondary N) is 1. The number of aromatic nitrogens is 1. The van der Waals surface area contributed by atoms with E-state index in [0.717, 1.165) is 10.9 Å². The van der Waals surface area contributed by atoms with Crippen LogP contribution in [0.15, 0.2) is 24.3 Å². The van der Waals surface area contributed by atoms with Gasteiger partial charge in [0.2, 0.25) is 0 Å². The number of hydrogen-bond acceptors (Lipinski definition) is 2. The summed E-state index contributed by atoms with van der Waals surface area (Å²) in [5.41, 5.74) is 5.62. The van der Waals surface area contributed by atoms with E-state index in [-0.39, 0.29) is 13.0 Å². The van der Waals surface area contributed by atoms with Gasteiger partial charge in [0.05, 0.1) is 12.5 Å². The molecule has 2 aromatic rings. The summed E-state index contributed by atoms with van der Waals surface area (Å²) in [5, 5.41) is 0.890. The smallest absolute Gasteiger partial charge is 0.261 e. The number of nitrogens with two attached hydrogens (primary N) is 1. The average Bonchev–Trinajstić information content (AvgIpc) is 2.73. The summed E-state index contributed by atoms with van der Waals surface area (Å²) in [5.74, 6) is -2.01. The molecule has 0 amide bonds. The minimum Gasteiger partial charge on any atom is -0.497 e. The molecule has 18 heavy (non-hydrogen) atoms. The number of rotatable bonds is 3. The van der Waals surface area contributed by atoms with E-state index in [4.69, 9.17) is 10.5 Å². The van der Waals surface area contributed by atoms with Crippen molar-refractivity contribution in [3.05, 3.63) is 30.0 Å². The van der Waals surface area contributed by atoms with Crippen molar-refractivity contribution in [1.29, 1.82) is 0 Å². The van der Waals surface area contributed by atoms with Crippen LogP contribution in [0.5, 0.6) is 5.75 Å². The molecular weight excluding hydrogens is 238 g/mol. The molecule has 0 spiro atoms. The highest BCUT2D eigenvalue weighted by atomic mass is 19.3. The molecule has 1 aromatic heterocycles. The summed E-state index contributed by atoms with van der Waals surface area (Å²) in [6.45, 7) is -0.0516. The first-order valence-corrected chi connectivity index (χ1v) is 5.77. The van der Waals surface area contributed by atoms with E-state index in [1.165, 1.54) is 0 Å². The van der Waals surface area contributed by atoms with Crippen molar-refractivity contribution in [2.45, 2.75) is 17.8 Å². The molecule has 3 rings (SSSR count). The second kappa shape index (κ2) is 3.45. The topological polar surface area (TPSA) is 51.0 Å². The molecule has 0 bridgehead atoms. The number of alkyl halides is 2. The molecule has 3 N–H and O–H groups in total. The van der Waals surface area contributed by atoms with Crippen molar-refractivity contribution in [1.82, 2.24) is 4.98 Å². The second-order valence-electron chi connectivity index (χ2n) is 4.80. The van der Waals surface area contributed by atoms with E-state index >= 15 is 0 Å². The molecule has 1 saturated carbocycles. The zero-order valence-electron chi connectivity index (χ0n) is 9.97. The first kappa shape index (κ1) is 11.5. The van der Waals surface area contributed by atoms with Gasteiger partial charge in [-0.3, -0.25) is 0 Å². The van der Waals surface area contributed by atoms with Gasteiger partial charge in [-0.15, -0.1) is 0 Å². The molecule has 1 aliphatic rings. The van der Waals surface area contributed by atoms with Crippen molar-refractivity contribution < 1.29 is 13.5 Å². The Bertz CT molecular complexity index is 608. The normalized spacial score (nSPS) is 25.3. The largest absolute Gasteiger partial charge is 0.497 e. The molecule has 1 aromatic carbocycles. The number of ether oxygens (including phenoxy) is 1. The average molecular weight is 252 g/mol. The minimum absolute atomic E-state index is 0.0516. The van der Waals surface area contributed by atoms with Gasteiger partial charge in [-0.1, -0.05) is 0 Å².